The Morgan fingerprint density at radius 2 is 2.56 bits per heavy atom. The van der Waals surface area contributed by atoms with Gasteiger partial charge in [0.25, 0.3) is 6.01 Å². The quantitative estimate of drug-likeness (QED) is 0.532. The smallest absolute Gasteiger partial charge is 0.273 e. The van der Waals surface area contributed by atoms with Crippen LogP contribution in [0.1, 0.15) is 6.42 Å². The summed E-state index contributed by atoms with van der Waals surface area (Å²) < 4.78 is 16.4. The number of ether oxygens (including phenoxy) is 1. The first-order valence-corrected chi connectivity index (χ1v) is 2.66. The fraction of sp³-hybridized carbons (Fsp3) is 0.333. The molecular formula is C6H7FO2. The summed E-state index contributed by atoms with van der Waals surface area (Å²) in [5.74, 6) is 0. The minimum atomic E-state index is -0.650. The molecule has 1 rings (SSSR count). The van der Waals surface area contributed by atoms with Crippen LogP contribution in [-0.4, -0.2) is 11.2 Å². The van der Waals surface area contributed by atoms with Crippen molar-refractivity contribution in [3.63, 3.8) is 0 Å². The second-order valence-electron chi connectivity index (χ2n) is 1.76. The highest BCUT2D eigenvalue weighted by atomic mass is 19.1. The maximum absolute atomic E-state index is 12.1. The first-order valence-electron chi connectivity index (χ1n) is 2.66. The van der Waals surface area contributed by atoms with Gasteiger partial charge in [-0.25, -0.2) is 0 Å². The zero-order chi connectivity index (χ0) is 6.69. The Labute approximate surface area is 52.3 Å². The Hall–Kier alpha value is -0.830. The second-order valence-corrected chi connectivity index (χ2v) is 1.76. The van der Waals surface area contributed by atoms with Gasteiger partial charge in [0, 0.05) is 6.42 Å². The zero-order valence-electron chi connectivity index (χ0n) is 4.75. The number of halogens is 1. The second kappa shape index (κ2) is 2.64. The number of aliphatic hydroxyl groups excluding tert-OH is 1. The van der Waals surface area contributed by atoms with Gasteiger partial charge >= 0.3 is 0 Å². The number of aliphatic hydroxyl groups is 1. The molecular weight excluding hydrogens is 123 g/mol. The summed E-state index contributed by atoms with van der Waals surface area (Å²) >= 11 is 0. The average Bonchev–Trinajstić information content (AvgIpc) is 1.97. The molecule has 3 heteroatoms. The monoisotopic (exact) mass is 130 g/mol. The largest absolute Gasteiger partial charge is 0.440 e. The van der Waals surface area contributed by atoms with Crippen LogP contribution < -0.4 is 0 Å². The summed E-state index contributed by atoms with van der Waals surface area (Å²) in [6.07, 6.45) is 3.40. The minimum Gasteiger partial charge on any atom is -0.440 e. The van der Waals surface area contributed by atoms with Crippen LogP contribution in [0.2, 0.25) is 0 Å². The van der Waals surface area contributed by atoms with Crippen molar-refractivity contribution < 1.29 is 14.2 Å². The van der Waals surface area contributed by atoms with Crippen molar-refractivity contribution in [3.8, 4) is 0 Å². The van der Waals surface area contributed by atoms with Gasteiger partial charge in [-0.1, -0.05) is 0 Å². The number of hydrogen-bond acceptors (Lipinski definition) is 2. The van der Waals surface area contributed by atoms with Gasteiger partial charge in [-0.15, -0.1) is 0 Å². The van der Waals surface area contributed by atoms with Crippen molar-refractivity contribution in [2.45, 2.75) is 12.5 Å². The first kappa shape index (κ1) is 6.29. The molecule has 0 fully saturated rings. The Morgan fingerprint density at radius 1 is 1.78 bits per heavy atom. The fourth-order valence-corrected chi connectivity index (χ4v) is 0.535. The maximum atomic E-state index is 12.1. The van der Waals surface area contributed by atoms with E-state index in [0.29, 0.717) is 0 Å². The van der Waals surface area contributed by atoms with E-state index >= 15 is 0 Å². The van der Waals surface area contributed by atoms with E-state index in [2.05, 4.69) is 4.74 Å². The lowest BCUT2D eigenvalue weighted by Crippen LogP contribution is -1.97. The normalized spacial score (nSPS) is 26.4. The molecule has 0 amide bonds. The molecule has 1 N–H and O–H groups in total. The molecule has 1 heterocycles. The predicted molar refractivity (Wildman–Crippen MR) is 30.0 cm³/mol. The third-order valence-corrected chi connectivity index (χ3v) is 1.00. The molecule has 2 nitrogen and oxygen atoms in total. The molecule has 0 bridgehead atoms. The lowest BCUT2D eigenvalue weighted by atomic mass is 10.2. The van der Waals surface area contributed by atoms with Crippen LogP contribution in [0.4, 0.5) is 4.39 Å². The Bertz CT molecular complexity index is 151. The van der Waals surface area contributed by atoms with Crippen molar-refractivity contribution in [2.75, 3.05) is 0 Å². The molecule has 0 spiro atoms. The van der Waals surface area contributed by atoms with Crippen LogP contribution >= 0.6 is 0 Å². The van der Waals surface area contributed by atoms with E-state index in [1.807, 2.05) is 0 Å². The molecule has 0 saturated carbocycles. The average molecular weight is 130 g/mol. The Morgan fingerprint density at radius 3 is 3.33 bits per heavy atom. The van der Waals surface area contributed by atoms with Gasteiger partial charge in [-0.3, -0.25) is 0 Å². The lowest BCUT2D eigenvalue weighted by Gasteiger charge is -1.93. The van der Waals surface area contributed by atoms with E-state index in [4.69, 9.17) is 5.11 Å². The molecule has 1 aliphatic heterocycles. The Balaban J connectivity index is 2.57. The van der Waals surface area contributed by atoms with Gasteiger partial charge in [0.1, 0.15) is 0 Å². The third kappa shape index (κ3) is 1.85. The molecule has 1 aliphatic rings. The molecule has 1 atom stereocenters. The van der Waals surface area contributed by atoms with Crippen LogP contribution in [-0.2, 0) is 4.74 Å². The lowest BCUT2D eigenvalue weighted by molar-refractivity contribution is 0.226. The summed E-state index contributed by atoms with van der Waals surface area (Å²) in [5, 5.41) is 8.83. The van der Waals surface area contributed by atoms with Crippen molar-refractivity contribution in [1.82, 2.24) is 0 Å². The minimum absolute atomic E-state index is 0.280. The molecule has 0 aliphatic carbocycles. The summed E-state index contributed by atoms with van der Waals surface area (Å²) in [7, 11) is 0. The summed E-state index contributed by atoms with van der Waals surface area (Å²) in [4.78, 5) is 0. The molecule has 1 unspecified atom stereocenters. The van der Waals surface area contributed by atoms with Crippen LogP contribution in [0.25, 0.3) is 0 Å². The highest BCUT2D eigenvalue weighted by molar-refractivity contribution is 4.97. The van der Waals surface area contributed by atoms with Gasteiger partial charge in [0.2, 0.25) is 0 Å². The summed E-state index contributed by atoms with van der Waals surface area (Å²) in [6.45, 7) is 0. The molecule has 9 heavy (non-hydrogen) atoms. The van der Waals surface area contributed by atoms with Gasteiger partial charge in [0.05, 0.1) is 12.4 Å². The standard InChI is InChI=1S/C6H7FO2/c7-6-2-1-5(8)3-4-9-6/h2-5,8H,1H2. The van der Waals surface area contributed by atoms with Gasteiger partial charge in [-0.05, 0) is 12.2 Å². The molecule has 0 aromatic rings. The summed E-state index contributed by atoms with van der Waals surface area (Å²) in [5.41, 5.74) is 0. The van der Waals surface area contributed by atoms with E-state index < -0.39 is 12.1 Å². The van der Waals surface area contributed by atoms with E-state index in [-0.39, 0.29) is 6.42 Å². The first-order chi connectivity index (χ1) is 4.29. The van der Waals surface area contributed by atoms with Gasteiger partial charge < -0.3 is 9.84 Å². The van der Waals surface area contributed by atoms with E-state index in [1.165, 1.54) is 12.2 Å². The van der Waals surface area contributed by atoms with Crippen molar-refractivity contribution >= 4 is 0 Å². The Kier molecular flexibility index (Phi) is 1.85. The number of rotatable bonds is 0. The van der Waals surface area contributed by atoms with Crippen LogP contribution in [0.3, 0.4) is 0 Å². The zero-order valence-corrected chi connectivity index (χ0v) is 4.75. The van der Waals surface area contributed by atoms with E-state index in [1.54, 1.807) is 0 Å². The van der Waals surface area contributed by atoms with Crippen molar-refractivity contribution in [3.05, 3.63) is 24.4 Å². The van der Waals surface area contributed by atoms with Crippen molar-refractivity contribution in [2.24, 2.45) is 0 Å². The predicted octanol–water partition coefficient (Wildman–Crippen LogP) is 1.09. The highest BCUT2D eigenvalue weighted by Crippen LogP contribution is 2.08. The van der Waals surface area contributed by atoms with Crippen LogP contribution in [0.15, 0.2) is 24.4 Å². The maximum Gasteiger partial charge on any atom is 0.273 e. The van der Waals surface area contributed by atoms with E-state index in [9.17, 15) is 4.39 Å². The highest BCUT2D eigenvalue weighted by Gasteiger charge is 2.02. The molecule has 0 aromatic heterocycles. The SMILES string of the molecule is OC1C=COC(F)=CC1. The molecule has 0 aromatic carbocycles. The topological polar surface area (TPSA) is 29.5 Å². The molecule has 50 valence electrons. The van der Waals surface area contributed by atoms with Gasteiger partial charge in [-0.2, -0.15) is 4.39 Å². The summed E-state index contributed by atoms with van der Waals surface area (Å²) in [6, 6.07) is -0.650. The van der Waals surface area contributed by atoms with Crippen LogP contribution in [0, 0.1) is 0 Å². The van der Waals surface area contributed by atoms with Crippen LogP contribution in [0.5, 0.6) is 0 Å². The fourth-order valence-electron chi connectivity index (χ4n) is 0.535. The van der Waals surface area contributed by atoms with E-state index in [0.717, 1.165) is 6.26 Å². The number of hydrogen-bond donors (Lipinski definition) is 1. The van der Waals surface area contributed by atoms with Crippen molar-refractivity contribution in [1.29, 1.82) is 0 Å². The molecule has 0 radical (unpaired) electrons. The van der Waals surface area contributed by atoms with Gasteiger partial charge in [0.15, 0.2) is 0 Å². The third-order valence-electron chi connectivity index (χ3n) is 1.00. The molecule has 0 saturated heterocycles.